The van der Waals surface area contributed by atoms with Crippen LogP contribution in [0.3, 0.4) is 0 Å². The van der Waals surface area contributed by atoms with Gasteiger partial charge in [0, 0.05) is 12.1 Å². The summed E-state index contributed by atoms with van der Waals surface area (Å²) in [6, 6.07) is 1.59. The van der Waals surface area contributed by atoms with E-state index < -0.39 is 10.0 Å². The Kier molecular flexibility index (Phi) is 6.71. The second kappa shape index (κ2) is 7.81. The molecule has 1 aromatic heterocycles. The van der Waals surface area contributed by atoms with Gasteiger partial charge in [-0.3, -0.25) is 0 Å². The van der Waals surface area contributed by atoms with Gasteiger partial charge < -0.3 is 9.73 Å². The molecule has 1 atom stereocenters. The minimum Gasteiger partial charge on any atom is -0.464 e. The Morgan fingerprint density at radius 1 is 1.30 bits per heavy atom. The van der Waals surface area contributed by atoms with E-state index in [0.29, 0.717) is 18.1 Å². The third-order valence-corrected chi connectivity index (χ3v) is 4.84. The van der Waals surface area contributed by atoms with Crippen LogP contribution in [0.25, 0.3) is 0 Å². The maximum Gasteiger partial charge on any atom is 0.244 e. The van der Waals surface area contributed by atoms with Gasteiger partial charge in [-0.2, -0.15) is 0 Å². The molecular weight excluding hydrogens is 276 g/mol. The minimum atomic E-state index is -3.50. The van der Waals surface area contributed by atoms with Crippen molar-refractivity contribution in [1.82, 2.24) is 10.0 Å². The molecule has 0 saturated heterocycles. The lowest BCUT2D eigenvalue weighted by molar-refractivity contribution is 0.459. The van der Waals surface area contributed by atoms with E-state index in [9.17, 15) is 8.42 Å². The van der Waals surface area contributed by atoms with E-state index in [1.54, 1.807) is 13.0 Å². The molecule has 0 bridgehead atoms. The molecule has 6 heteroatoms. The van der Waals surface area contributed by atoms with Crippen LogP contribution in [-0.2, 0) is 16.6 Å². The molecule has 0 aliphatic rings. The Morgan fingerprint density at radius 3 is 2.55 bits per heavy atom. The smallest absolute Gasteiger partial charge is 0.244 e. The lowest BCUT2D eigenvalue weighted by Crippen LogP contribution is -2.34. The van der Waals surface area contributed by atoms with Crippen molar-refractivity contribution in [2.24, 2.45) is 0 Å². The molecule has 20 heavy (non-hydrogen) atoms. The molecule has 0 spiro atoms. The summed E-state index contributed by atoms with van der Waals surface area (Å²) in [6.07, 6.45) is 2.59. The number of sulfonamides is 1. The second-order valence-electron chi connectivity index (χ2n) is 4.93. The van der Waals surface area contributed by atoms with Crippen molar-refractivity contribution in [1.29, 1.82) is 0 Å². The van der Waals surface area contributed by atoms with Crippen molar-refractivity contribution < 1.29 is 12.8 Å². The number of aryl methyl sites for hydroxylation is 1. The highest BCUT2D eigenvalue weighted by molar-refractivity contribution is 7.89. The van der Waals surface area contributed by atoms with Crippen molar-refractivity contribution >= 4 is 10.0 Å². The van der Waals surface area contributed by atoms with Gasteiger partial charge in [0.05, 0.1) is 6.54 Å². The van der Waals surface area contributed by atoms with Gasteiger partial charge >= 0.3 is 0 Å². The van der Waals surface area contributed by atoms with Crippen LogP contribution in [0.4, 0.5) is 0 Å². The van der Waals surface area contributed by atoms with Crippen molar-refractivity contribution in [2.45, 2.75) is 64.4 Å². The Balaban J connectivity index is 2.88. The molecule has 0 fully saturated rings. The number of nitrogens with one attached hydrogen (secondary N) is 2. The first-order chi connectivity index (χ1) is 9.44. The van der Waals surface area contributed by atoms with Crippen LogP contribution in [0.2, 0.25) is 0 Å². The summed E-state index contributed by atoms with van der Waals surface area (Å²) in [5.74, 6) is 1.09. The SMILES string of the molecule is CCCC(CC)NS(=O)(=O)c1cc(CNCC)oc1C. The van der Waals surface area contributed by atoms with Crippen molar-refractivity contribution in [2.75, 3.05) is 6.54 Å². The quantitative estimate of drug-likeness (QED) is 0.735. The molecule has 1 aromatic rings. The van der Waals surface area contributed by atoms with Crippen molar-refractivity contribution in [3.8, 4) is 0 Å². The monoisotopic (exact) mass is 302 g/mol. The lowest BCUT2D eigenvalue weighted by atomic mass is 10.1. The molecule has 0 amide bonds. The van der Waals surface area contributed by atoms with E-state index in [2.05, 4.69) is 17.0 Å². The van der Waals surface area contributed by atoms with Crippen LogP contribution in [0.15, 0.2) is 15.4 Å². The average molecular weight is 302 g/mol. The van der Waals surface area contributed by atoms with Crippen LogP contribution in [0.5, 0.6) is 0 Å². The lowest BCUT2D eigenvalue weighted by Gasteiger charge is -2.15. The highest BCUT2D eigenvalue weighted by Gasteiger charge is 2.23. The molecule has 0 aliphatic heterocycles. The summed E-state index contributed by atoms with van der Waals surface area (Å²) < 4.78 is 33.0. The summed E-state index contributed by atoms with van der Waals surface area (Å²) in [4.78, 5) is 0.250. The van der Waals surface area contributed by atoms with Gasteiger partial charge in [0.15, 0.2) is 0 Å². The van der Waals surface area contributed by atoms with Gasteiger partial charge in [-0.25, -0.2) is 13.1 Å². The summed E-state index contributed by atoms with van der Waals surface area (Å²) in [7, 11) is -3.50. The van der Waals surface area contributed by atoms with E-state index in [4.69, 9.17) is 4.42 Å². The third-order valence-electron chi connectivity index (χ3n) is 3.21. The molecule has 0 aromatic carbocycles. The topological polar surface area (TPSA) is 71.3 Å². The number of rotatable bonds is 9. The van der Waals surface area contributed by atoms with Gasteiger partial charge in [-0.05, 0) is 26.3 Å². The summed E-state index contributed by atoms with van der Waals surface area (Å²) in [6.45, 7) is 9.07. The molecule has 1 heterocycles. The second-order valence-corrected chi connectivity index (χ2v) is 6.61. The predicted octanol–water partition coefficient (Wildman–Crippen LogP) is 2.55. The van der Waals surface area contributed by atoms with E-state index in [-0.39, 0.29) is 10.9 Å². The van der Waals surface area contributed by atoms with E-state index >= 15 is 0 Å². The zero-order valence-electron chi connectivity index (χ0n) is 12.8. The fourth-order valence-corrected chi connectivity index (χ4v) is 3.66. The highest BCUT2D eigenvalue weighted by Crippen LogP contribution is 2.21. The van der Waals surface area contributed by atoms with Gasteiger partial charge in [0.2, 0.25) is 10.0 Å². The zero-order valence-corrected chi connectivity index (χ0v) is 13.6. The molecule has 116 valence electrons. The number of furan rings is 1. The summed E-state index contributed by atoms with van der Waals surface area (Å²) >= 11 is 0. The van der Waals surface area contributed by atoms with Gasteiger partial charge in [-0.1, -0.05) is 27.2 Å². The van der Waals surface area contributed by atoms with Gasteiger partial charge in [-0.15, -0.1) is 0 Å². The van der Waals surface area contributed by atoms with Gasteiger partial charge in [0.25, 0.3) is 0 Å². The first-order valence-electron chi connectivity index (χ1n) is 7.26. The molecule has 2 N–H and O–H groups in total. The fraction of sp³-hybridized carbons (Fsp3) is 0.714. The van der Waals surface area contributed by atoms with Crippen molar-refractivity contribution in [3.63, 3.8) is 0 Å². The third kappa shape index (κ3) is 4.61. The maximum absolute atomic E-state index is 12.4. The van der Waals surface area contributed by atoms with E-state index in [1.165, 1.54) is 0 Å². The number of hydrogen-bond acceptors (Lipinski definition) is 4. The van der Waals surface area contributed by atoms with E-state index in [0.717, 1.165) is 25.8 Å². The highest BCUT2D eigenvalue weighted by atomic mass is 32.2. The molecule has 0 aliphatic carbocycles. The Morgan fingerprint density at radius 2 is 2.00 bits per heavy atom. The molecule has 1 rings (SSSR count). The molecular formula is C14H26N2O3S. The Bertz CT molecular complexity index is 508. The maximum atomic E-state index is 12.4. The molecule has 1 unspecified atom stereocenters. The standard InChI is InChI=1S/C14H26N2O3S/c1-5-8-12(6-2)16-20(17,18)14-9-13(10-15-7-3)19-11(14)4/h9,12,15-16H,5-8,10H2,1-4H3. The van der Waals surface area contributed by atoms with Crippen LogP contribution in [0, 0.1) is 6.92 Å². The summed E-state index contributed by atoms with van der Waals surface area (Å²) in [5.41, 5.74) is 0. The largest absolute Gasteiger partial charge is 0.464 e. The average Bonchev–Trinajstić information content (AvgIpc) is 2.77. The minimum absolute atomic E-state index is 0.0171. The predicted molar refractivity (Wildman–Crippen MR) is 80.1 cm³/mol. The van der Waals surface area contributed by atoms with E-state index in [1.807, 2.05) is 13.8 Å². The van der Waals surface area contributed by atoms with Crippen LogP contribution in [0.1, 0.15) is 51.6 Å². The number of hydrogen-bond donors (Lipinski definition) is 2. The van der Waals surface area contributed by atoms with Crippen LogP contribution >= 0.6 is 0 Å². The van der Waals surface area contributed by atoms with Crippen molar-refractivity contribution in [3.05, 3.63) is 17.6 Å². The fourth-order valence-electron chi connectivity index (χ4n) is 2.10. The Hall–Kier alpha value is -0.850. The Labute approximate surface area is 122 Å². The first kappa shape index (κ1) is 17.2. The zero-order chi connectivity index (χ0) is 15.2. The van der Waals surface area contributed by atoms with Crippen LogP contribution < -0.4 is 10.0 Å². The molecule has 0 saturated carbocycles. The normalized spacial score (nSPS) is 13.6. The van der Waals surface area contributed by atoms with Crippen LogP contribution in [-0.4, -0.2) is 21.0 Å². The summed E-state index contributed by atoms with van der Waals surface area (Å²) in [5, 5.41) is 3.12. The molecule has 5 nitrogen and oxygen atoms in total. The first-order valence-corrected chi connectivity index (χ1v) is 8.75. The van der Waals surface area contributed by atoms with Gasteiger partial charge in [0.1, 0.15) is 16.4 Å². The molecule has 0 radical (unpaired) electrons.